The molecule has 1 heteroatoms. The standard InChI is InChI=1S/C17H15N/c1-17(15-5-3-2-4-6-15)11-16(17)14-9-7-13(12-18)8-10-14/h2-10,16H,11H2,1H3/t16-,17+/m1/s1. The normalized spacial score (nSPS) is 25.4. The minimum absolute atomic E-state index is 0.273. The monoisotopic (exact) mass is 233 g/mol. The zero-order valence-corrected chi connectivity index (χ0v) is 10.4. The molecule has 2 aromatic carbocycles. The van der Waals surface area contributed by atoms with E-state index in [0.29, 0.717) is 5.92 Å². The zero-order chi connectivity index (χ0) is 12.6. The highest BCUT2D eigenvalue weighted by molar-refractivity contribution is 5.43. The quantitative estimate of drug-likeness (QED) is 0.769. The molecule has 0 N–H and O–H groups in total. The molecule has 0 spiro atoms. The minimum atomic E-state index is 0.273. The Morgan fingerprint density at radius 2 is 1.72 bits per heavy atom. The van der Waals surface area contributed by atoms with E-state index in [-0.39, 0.29) is 5.41 Å². The molecule has 0 saturated heterocycles. The van der Waals surface area contributed by atoms with Crippen LogP contribution >= 0.6 is 0 Å². The predicted octanol–water partition coefficient (Wildman–Crippen LogP) is 4.00. The van der Waals surface area contributed by atoms with Crippen LogP contribution in [0.2, 0.25) is 0 Å². The molecule has 0 bridgehead atoms. The molecule has 0 heterocycles. The molecule has 88 valence electrons. The van der Waals surface area contributed by atoms with Crippen molar-refractivity contribution in [3.63, 3.8) is 0 Å². The van der Waals surface area contributed by atoms with Gasteiger partial charge in [0.2, 0.25) is 0 Å². The molecule has 2 atom stereocenters. The summed E-state index contributed by atoms with van der Waals surface area (Å²) in [4.78, 5) is 0. The molecule has 18 heavy (non-hydrogen) atoms. The van der Waals surface area contributed by atoms with Crippen molar-refractivity contribution in [2.45, 2.75) is 24.7 Å². The summed E-state index contributed by atoms with van der Waals surface area (Å²) >= 11 is 0. The Labute approximate surface area is 108 Å². The molecule has 2 aromatic rings. The van der Waals surface area contributed by atoms with Crippen LogP contribution in [0.1, 0.15) is 36.0 Å². The zero-order valence-electron chi connectivity index (χ0n) is 10.4. The lowest BCUT2D eigenvalue weighted by Crippen LogP contribution is -2.03. The summed E-state index contributed by atoms with van der Waals surface area (Å²) < 4.78 is 0. The summed E-state index contributed by atoms with van der Waals surface area (Å²) in [5.74, 6) is 0.590. The minimum Gasteiger partial charge on any atom is -0.192 e. The molecule has 0 aromatic heterocycles. The summed E-state index contributed by atoms with van der Waals surface area (Å²) in [5.41, 5.74) is 3.77. The van der Waals surface area contributed by atoms with Crippen LogP contribution in [0.15, 0.2) is 54.6 Å². The van der Waals surface area contributed by atoms with Gasteiger partial charge in [-0.1, -0.05) is 49.4 Å². The lowest BCUT2D eigenvalue weighted by molar-refractivity contribution is 0.749. The topological polar surface area (TPSA) is 23.8 Å². The van der Waals surface area contributed by atoms with Crippen LogP contribution in [-0.2, 0) is 5.41 Å². The molecule has 1 aliphatic rings. The third kappa shape index (κ3) is 1.71. The maximum atomic E-state index is 8.81. The molecule has 3 rings (SSSR count). The first-order valence-electron chi connectivity index (χ1n) is 6.29. The molecule has 1 nitrogen and oxygen atoms in total. The van der Waals surface area contributed by atoms with Crippen molar-refractivity contribution in [1.29, 1.82) is 5.26 Å². The van der Waals surface area contributed by atoms with Gasteiger partial charge in [-0.15, -0.1) is 0 Å². The van der Waals surface area contributed by atoms with E-state index in [1.54, 1.807) is 0 Å². The Morgan fingerprint density at radius 3 is 2.33 bits per heavy atom. The third-order valence-corrected chi connectivity index (χ3v) is 4.11. The number of hydrogen-bond acceptors (Lipinski definition) is 1. The summed E-state index contributed by atoms with van der Waals surface area (Å²) in [5, 5.41) is 8.81. The Bertz CT molecular complexity index is 592. The summed E-state index contributed by atoms with van der Waals surface area (Å²) in [6, 6.07) is 20.9. The molecule has 0 aliphatic heterocycles. The largest absolute Gasteiger partial charge is 0.192 e. The van der Waals surface area contributed by atoms with Gasteiger partial charge in [-0.3, -0.25) is 0 Å². The van der Waals surface area contributed by atoms with Crippen molar-refractivity contribution in [3.8, 4) is 6.07 Å². The second kappa shape index (κ2) is 3.99. The van der Waals surface area contributed by atoms with Crippen LogP contribution in [0.4, 0.5) is 0 Å². The molecule has 1 fully saturated rings. The van der Waals surface area contributed by atoms with Gasteiger partial charge in [-0.2, -0.15) is 5.26 Å². The van der Waals surface area contributed by atoms with Gasteiger partial charge in [0, 0.05) is 0 Å². The first kappa shape index (κ1) is 11.0. The average molecular weight is 233 g/mol. The molecule has 0 radical (unpaired) electrons. The Hall–Kier alpha value is -2.07. The van der Waals surface area contributed by atoms with Crippen LogP contribution in [0.5, 0.6) is 0 Å². The van der Waals surface area contributed by atoms with E-state index in [1.165, 1.54) is 17.5 Å². The predicted molar refractivity (Wildman–Crippen MR) is 72.3 cm³/mol. The fourth-order valence-electron chi connectivity index (χ4n) is 2.78. The first-order chi connectivity index (χ1) is 8.74. The highest BCUT2D eigenvalue weighted by Gasteiger charge is 2.51. The highest BCUT2D eigenvalue weighted by atomic mass is 14.5. The average Bonchev–Trinajstić information content (AvgIpc) is 3.14. The van der Waals surface area contributed by atoms with Crippen molar-refractivity contribution < 1.29 is 0 Å². The van der Waals surface area contributed by atoms with Crippen molar-refractivity contribution in [3.05, 3.63) is 71.3 Å². The van der Waals surface area contributed by atoms with Gasteiger partial charge in [0.05, 0.1) is 11.6 Å². The lowest BCUT2D eigenvalue weighted by atomic mass is 9.92. The summed E-state index contributed by atoms with van der Waals surface area (Å²) in [6.45, 7) is 2.32. The summed E-state index contributed by atoms with van der Waals surface area (Å²) in [6.07, 6.45) is 1.20. The highest BCUT2D eigenvalue weighted by Crippen LogP contribution is 2.60. The van der Waals surface area contributed by atoms with Gasteiger partial charge >= 0.3 is 0 Å². The van der Waals surface area contributed by atoms with Crippen LogP contribution in [0.25, 0.3) is 0 Å². The fraction of sp³-hybridized carbons (Fsp3) is 0.235. The molecule has 0 unspecified atom stereocenters. The van der Waals surface area contributed by atoms with Crippen molar-refractivity contribution in [2.75, 3.05) is 0 Å². The SMILES string of the molecule is C[C@@]1(c2ccccc2)C[C@@H]1c1ccc(C#N)cc1. The van der Waals surface area contributed by atoms with Crippen LogP contribution < -0.4 is 0 Å². The number of nitrogens with zero attached hydrogens (tertiary/aromatic N) is 1. The van der Waals surface area contributed by atoms with E-state index in [9.17, 15) is 0 Å². The van der Waals surface area contributed by atoms with Gasteiger partial charge in [0.1, 0.15) is 0 Å². The van der Waals surface area contributed by atoms with E-state index < -0.39 is 0 Å². The summed E-state index contributed by atoms with van der Waals surface area (Å²) in [7, 11) is 0. The van der Waals surface area contributed by atoms with E-state index in [4.69, 9.17) is 5.26 Å². The van der Waals surface area contributed by atoms with Crippen LogP contribution in [0, 0.1) is 11.3 Å². The van der Waals surface area contributed by atoms with Crippen LogP contribution in [-0.4, -0.2) is 0 Å². The van der Waals surface area contributed by atoms with Gasteiger partial charge < -0.3 is 0 Å². The fourth-order valence-corrected chi connectivity index (χ4v) is 2.78. The molecular formula is C17H15N. The Balaban J connectivity index is 1.87. The molecule has 1 aliphatic carbocycles. The number of nitriles is 1. The molecule has 0 amide bonds. The second-order valence-corrected chi connectivity index (χ2v) is 5.27. The van der Waals surface area contributed by atoms with E-state index in [1.807, 2.05) is 12.1 Å². The first-order valence-corrected chi connectivity index (χ1v) is 6.29. The van der Waals surface area contributed by atoms with Gasteiger partial charge in [0.15, 0.2) is 0 Å². The molecular weight excluding hydrogens is 218 g/mol. The number of benzene rings is 2. The van der Waals surface area contributed by atoms with Crippen molar-refractivity contribution in [1.82, 2.24) is 0 Å². The van der Waals surface area contributed by atoms with Crippen molar-refractivity contribution in [2.24, 2.45) is 0 Å². The lowest BCUT2D eigenvalue weighted by Gasteiger charge is -2.11. The van der Waals surface area contributed by atoms with E-state index >= 15 is 0 Å². The maximum Gasteiger partial charge on any atom is 0.0991 e. The third-order valence-electron chi connectivity index (χ3n) is 4.11. The van der Waals surface area contributed by atoms with Gasteiger partial charge in [0.25, 0.3) is 0 Å². The van der Waals surface area contributed by atoms with Crippen LogP contribution in [0.3, 0.4) is 0 Å². The van der Waals surface area contributed by atoms with E-state index in [0.717, 1.165) is 5.56 Å². The Morgan fingerprint density at radius 1 is 1.06 bits per heavy atom. The smallest absolute Gasteiger partial charge is 0.0991 e. The van der Waals surface area contributed by atoms with E-state index in [2.05, 4.69) is 55.5 Å². The van der Waals surface area contributed by atoms with Crippen molar-refractivity contribution >= 4 is 0 Å². The van der Waals surface area contributed by atoms with Gasteiger partial charge in [-0.25, -0.2) is 0 Å². The second-order valence-electron chi connectivity index (χ2n) is 5.27. The maximum absolute atomic E-state index is 8.81. The Kier molecular flexibility index (Phi) is 2.45. The van der Waals surface area contributed by atoms with Gasteiger partial charge in [-0.05, 0) is 41.0 Å². The number of hydrogen-bond donors (Lipinski definition) is 0. The molecule has 1 saturated carbocycles. The number of rotatable bonds is 2.